The fraction of sp³-hybridized carbons (Fsp3) is 0.385. The minimum atomic E-state index is -0.351. The summed E-state index contributed by atoms with van der Waals surface area (Å²) >= 11 is 0. The van der Waals surface area contributed by atoms with Crippen molar-refractivity contribution < 1.29 is 20.2 Å². The quantitative estimate of drug-likeness (QED) is 0.212. The molecule has 1 amide bonds. The number of nitrogens with two attached hydrogens (primary N) is 1. The van der Waals surface area contributed by atoms with Crippen molar-refractivity contribution in [1.29, 1.82) is 0 Å². The highest BCUT2D eigenvalue weighted by Crippen LogP contribution is 2.25. The van der Waals surface area contributed by atoms with Crippen molar-refractivity contribution in [1.82, 2.24) is 4.90 Å². The van der Waals surface area contributed by atoms with Gasteiger partial charge >= 0.3 is 0 Å². The highest BCUT2D eigenvalue weighted by molar-refractivity contribution is 5.95. The third-order valence-electron chi connectivity index (χ3n) is 2.84. The average Bonchev–Trinajstić information content (AvgIpc) is 2.41. The van der Waals surface area contributed by atoms with E-state index in [-0.39, 0.29) is 47.8 Å². The van der Waals surface area contributed by atoms with E-state index in [2.05, 4.69) is 5.16 Å². The summed E-state index contributed by atoms with van der Waals surface area (Å²) in [5.41, 5.74) is 5.65. The van der Waals surface area contributed by atoms with E-state index in [0.29, 0.717) is 0 Å². The molecule has 1 aromatic rings. The summed E-state index contributed by atoms with van der Waals surface area (Å²) in [4.78, 5) is 13.9. The van der Waals surface area contributed by atoms with E-state index in [9.17, 15) is 15.0 Å². The van der Waals surface area contributed by atoms with Crippen LogP contribution in [0, 0.1) is 0 Å². The number of hydrogen-bond donors (Lipinski definition) is 4. The molecule has 0 aliphatic carbocycles. The number of phenols is 2. The van der Waals surface area contributed by atoms with Crippen LogP contribution < -0.4 is 5.73 Å². The van der Waals surface area contributed by atoms with Gasteiger partial charge in [-0.3, -0.25) is 4.79 Å². The standard InChI is InChI=1S/C13H19N3O4/c1-8(2)16(6-5-12(14)15-20)13(19)9-3-4-10(17)11(18)7-9/h3-4,7-8,17-18,20H,5-6H2,1-2H3,(H2,14,15). The number of aromatic hydroxyl groups is 2. The molecule has 7 heteroatoms. The molecule has 0 bridgehead atoms. The number of phenolic OH excluding ortho intramolecular Hbond substituents is 2. The van der Waals surface area contributed by atoms with Gasteiger partial charge in [0, 0.05) is 24.6 Å². The van der Waals surface area contributed by atoms with Crippen molar-refractivity contribution >= 4 is 11.7 Å². The van der Waals surface area contributed by atoms with Gasteiger partial charge in [-0.05, 0) is 32.0 Å². The first-order chi connectivity index (χ1) is 9.36. The van der Waals surface area contributed by atoms with E-state index < -0.39 is 0 Å². The second kappa shape index (κ2) is 6.65. The molecule has 0 fully saturated rings. The Morgan fingerprint density at radius 2 is 2.00 bits per heavy atom. The molecule has 0 unspecified atom stereocenters. The molecule has 1 aromatic carbocycles. The number of rotatable bonds is 5. The summed E-state index contributed by atoms with van der Waals surface area (Å²) in [6.07, 6.45) is 0.241. The average molecular weight is 281 g/mol. The molecule has 20 heavy (non-hydrogen) atoms. The highest BCUT2D eigenvalue weighted by atomic mass is 16.4. The maximum absolute atomic E-state index is 12.3. The number of nitrogens with zero attached hydrogens (tertiary/aromatic N) is 2. The lowest BCUT2D eigenvalue weighted by atomic mass is 10.1. The summed E-state index contributed by atoms with van der Waals surface area (Å²) in [5, 5.41) is 30.0. The van der Waals surface area contributed by atoms with Crippen molar-refractivity contribution in [2.24, 2.45) is 10.9 Å². The van der Waals surface area contributed by atoms with Gasteiger partial charge < -0.3 is 26.1 Å². The highest BCUT2D eigenvalue weighted by Gasteiger charge is 2.20. The Bertz CT molecular complexity index is 514. The summed E-state index contributed by atoms with van der Waals surface area (Å²) in [6.45, 7) is 3.96. The largest absolute Gasteiger partial charge is 0.504 e. The Morgan fingerprint density at radius 3 is 2.50 bits per heavy atom. The summed E-state index contributed by atoms with van der Waals surface area (Å²) in [5.74, 6) is -0.900. The van der Waals surface area contributed by atoms with E-state index in [0.717, 1.165) is 0 Å². The van der Waals surface area contributed by atoms with Crippen LogP contribution in [0.1, 0.15) is 30.6 Å². The Labute approximate surface area is 116 Å². The molecule has 0 spiro atoms. The van der Waals surface area contributed by atoms with Crippen LogP contribution in [-0.2, 0) is 0 Å². The molecule has 110 valence electrons. The second-order valence-electron chi connectivity index (χ2n) is 4.64. The molecule has 0 atom stereocenters. The smallest absolute Gasteiger partial charge is 0.254 e. The summed E-state index contributed by atoms with van der Waals surface area (Å²) in [6, 6.07) is 3.79. The minimum absolute atomic E-state index is 0.0389. The minimum Gasteiger partial charge on any atom is -0.504 e. The fourth-order valence-electron chi connectivity index (χ4n) is 1.70. The topological polar surface area (TPSA) is 119 Å². The van der Waals surface area contributed by atoms with Gasteiger partial charge in [0.05, 0.1) is 0 Å². The van der Waals surface area contributed by atoms with Crippen LogP contribution in [0.15, 0.2) is 23.4 Å². The van der Waals surface area contributed by atoms with Crippen LogP contribution in [0.25, 0.3) is 0 Å². The van der Waals surface area contributed by atoms with Gasteiger partial charge in [-0.15, -0.1) is 0 Å². The zero-order valence-corrected chi connectivity index (χ0v) is 11.4. The molecule has 0 aliphatic heterocycles. The molecule has 0 aromatic heterocycles. The fourth-order valence-corrected chi connectivity index (χ4v) is 1.70. The number of oxime groups is 1. The van der Waals surface area contributed by atoms with E-state index in [1.807, 2.05) is 13.8 Å². The zero-order chi connectivity index (χ0) is 15.3. The van der Waals surface area contributed by atoms with Gasteiger partial charge in [-0.2, -0.15) is 0 Å². The lowest BCUT2D eigenvalue weighted by Gasteiger charge is -2.26. The maximum atomic E-state index is 12.3. The first kappa shape index (κ1) is 15.6. The molecule has 5 N–H and O–H groups in total. The van der Waals surface area contributed by atoms with E-state index in [1.54, 1.807) is 0 Å². The number of carbonyl (C=O) groups is 1. The zero-order valence-electron chi connectivity index (χ0n) is 11.4. The van der Waals surface area contributed by atoms with Crippen LogP contribution in [0.5, 0.6) is 11.5 Å². The number of amidine groups is 1. The van der Waals surface area contributed by atoms with Gasteiger partial charge in [0.2, 0.25) is 0 Å². The third-order valence-corrected chi connectivity index (χ3v) is 2.84. The Morgan fingerprint density at radius 1 is 1.35 bits per heavy atom. The van der Waals surface area contributed by atoms with Crippen LogP contribution in [0.3, 0.4) is 0 Å². The van der Waals surface area contributed by atoms with Crippen molar-refractivity contribution in [3.8, 4) is 11.5 Å². The summed E-state index contributed by atoms with van der Waals surface area (Å²) in [7, 11) is 0. The Balaban J connectivity index is 2.90. The lowest BCUT2D eigenvalue weighted by molar-refractivity contribution is 0.0710. The van der Waals surface area contributed by atoms with Gasteiger partial charge in [0.1, 0.15) is 5.84 Å². The van der Waals surface area contributed by atoms with Crippen LogP contribution >= 0.6 is 0 Å². The maximum Gasteiger partial charge on any atom is 0.254 e. The van der Waals surface area contributed by atoms with Gasteiger partial charge in [0.15, 0.2) is 11.5 Å². The first-order valence-electron chi connectivity index (χ1n) is 6.16. The van der Waals surface area contributed by atoms with Crippen molar-refractivity contribution in [3.05, 3.63) is 23.8 Å². The second-order valence-corrected chi connectivity index (χ2v) is 4.64. The predicted molar refractivity (Wildman–Crippen MR) is 74.0 cm³/mol. The predicted octanol–water partition coefficient (Wildman–Crippen LogP) is 1.08. The molecular formula is C13H19N3O4. The SMILES string of the molecule is CC(C)N(CC/C(N)=N/O)C(=O)c1ccc(O)c(O)c1. The summed E-state index contributed by atoms with van der Waals surface area (Å²) < 4.78 is 0. The molecular weight excluding hydrogens is 262 g/mol. The number of amides is 1. The molecule has 7 nitrogen and oxygen atoms in total. The van der Waals surface area contributed by atoms with Crippen LogP contribution in [0.2, 0.25) is 0 Å². The van der Waals surface area contributed by atoms with Crippen molar-refractivity contribution in [2.75, 3.05) is 6.54 Å². The van der Waals surface area contributed by atoms with Crippen LogP contribution in [-0.4, -0.2) is 44.6 Å². The van der Waals surface area contributed by atoms with E-state index in [4.69, 9.17) is 10.9 Å². The van der Waals surface area contributed by atoms with E-state index in [1.165, 1.54) is 23.1 Å². The Kier molecular flexibility index (Phi) is 5.19. The van der Waals surface area contributed by atoms with Crippen molar-refractivity contribution in [2.45, 2.75) is 26.3 Å². The van der Waals surface area contributed by atoms with Gasteiger partial charge in [-0.25, -0.2) is 0 Å². The van der Waals surface area contributed by atoms with Crippen molar-refractivity contribution in [3.63, 3.8) is 0 Å². The lowest BCUT2D eigenvalue weighted by Crippen LogP contribution is -2.39. The number of benzene rings is 1. The normalized spacial score (nSPS) is 11.7. The molecule has 0 saturated carbocycles. The van der Waals surface area contributed by atoms with E-state index >= 15 is 0 Å². The van der Waals surface area contributed by atoms with Gasteiger partial charge in [0.25, 0.3) is 5.91 Å². The van der Waals surface area contributed by atoms with Gasteiger partial charge in [-0.1, -0.05) is 5.16 Å². The Hall–Kier alpha value is -2.44. The monoisotopic (exact) mass is 281 g/mol. The molecule has 0 heterocycles. The molecule has 1 rings (SSSR count). The number of hydrogen-bond acceptors (Lipinski definition) is 5. The molecule has 0 aliphatic rings. The number of carbonyl (C=O) groups excluding carboxylic acids is 1. The third kappa shape index (κ3) is 3.78. The first-order valence-corrected chi connectivity index (χ1v) is 6.16. The molecule has 0 radical (unpaired) electrons. The molecule has 0 saturated heterocycles. The van der Waals surface area contributed by atoms with Crippen LogP contribution in [0.4, 0.5) is 0 Å².